The van der Waals surface area contributed by atoms with E-state index in [-0.39, 0.29) is 11.3 Å². The lowest BCUT2D eigenvalue weighted by Crippen LogP contribution is -2.41. The number of benzene rings is 1. The van der Waals surface area contributed by atoms with Gasteiger partial charge in [0.1, 0.15) is 5.75 Å². The Bertz CT molecular complexity index is 527. The Morgan fingerprint density at radius 2 is 2.09 bits per heavy atom. The van der Waals surface area contributed by atoms with Crippen LogP contribution in [0, 0.1) is 5.41 Å². The summed E-state index contributed by atoms with van der Waals surface area (Å²) in [5, 5.41) is 0.568. The van der Waals surface area contributed by atoms with Crippen molar-refractivity contribution in [2.24, 2.45) is 5.41 Å². The van der Waals surface area contributed by atoms with E-state index >= 15 is 0 Å². The molecule has 5 heteroatoms. The van der Waals surface area contributed by atoms with Crippen molar-refractivity contribution in [1.29, 1.82) is 0 Å². The molecule has 2 rings (SSSR count). The zero-order valence-corrected chi connectivity index (χ0v) is 14.3. The minimum Gasteiger partial charge on any atom is -0.497 e. The SMILES string of the molecule is COc1ccc(CC(=O)N(C)CC2(C)CCOCC2)c(Cl)c1. The predicted octanol–water partition coefficient (Wildman–Crippen LogP) is 3.17. The molecular formula is C17H24ClNO3. The maximum Gasteiger partial charge on any atom is 0.226 e. The van der Waals surface area contributed by atoms with Crippen LogP contribution < -0.4 is 4.74 Å². The molecule has 0 saturated carbocycles. The Balaban J connectivity index is 1.96. The van der Waals surface area contributed by atoms with Gasteiger partial charge in [-0.25, -0.2) is 0 Å². The highest BCUT2D eigenvalue weighted by atomic mass is 35.5. The van der Waals surface area contributed by atoms with Gasteiger partial charge >= 0.3 is 0 Å². The summed E-state index contributed by atoms with van der Waals surface area (Å²) in [7, 11) is 3.46. The number of carbonyl (C=O) groups is 1. The van der Waals surface area contributed by atoms with E-state index in [0.717, 1.165) is 38.2 Å². The van der Waals surface area contributed by atoms with Gasteiger partial charge in [0, 0.05) is 31.8 Å². The van der Waals surface area contributed by atoms with E-state index < -0.39 is 0 Å². The molecule has 1 aromatic carbocycles. The molecule has 1 aliphatic rings. The van der Waals surface area contributed by atoms with Crippen molar-refractivity contribution in [3.63, 3.8) is 0 Å². The summed E-state index contributed by atoms with van der Waals surface area (Å²) in [4.78, 5) is 14.3. The molecule has 1 saturated heterocycles. The number of nitrogens with zero attached hydrogens (tertiary/aromatic N) is 1. The molecule has 1 aliphatic heterocycles. The van der Waals surface area contributed by atoms with E-state index in [1.54, 1.807) is 13.2 Å². The molecule has 0 spiro atoms. The van der Waals surface area contributed by atoms with Crippen molar-refractivity contribution in [3.8, 4) is 5.75 Å². The Kier molecular flexibility index (Phi) is 5.70. The van der Waals surface area contributed by atoms with Gasteiger partial charge in [0.05, 0.1) is 13.5 Å². The smallest absolute Gasteiger partial charge is 0.226 e. The fourth-order valence-corrected chi connectivity index (χ4v) is 3.02. The fraction of sp³-hybridized carbons (Fsp3) is 0.588. The number of likely N-dealkylation sites (N-methyl/N-ethyl adjacent to an activating group) is 1. The van der Waals surface area contributed by atoms with Gasteiger partial charge in [-0.2, -0.15) is 0 Å². The molecule has 1 fully saturated rings. The van der Waals surface area contributed by atoms with Gasteiger partial charge in [-0.05, 0) is 36.0 Å². The second kappa shape index (κ2) is 7.34. The Morgan fingerprint density at radius 3 is 2.68 bits per heavy atom. The molecule has 0 bridgehead atoms. The van der Waals surface area contributed by atoms with E-state index in [0.29, 0.717) is 17.2 Å². The number of ether oxygens (including phenoxy) is 2. The molecule has 4 nitrogen and oxygen atoms in total. The lowest BCUT2D eigenvalue weighted by atomic mass is 9.82. The molecule has 0 atom stereocenters. The maximum absolute atomic E-state index is 12.4. The molecule has 1 amide bonds. The molecular weight excluding hydrogens is 302 g/mol. The van der Waals surface area contributed by atoms with Crippen LogP contribution in [-0.2, 0) is 16.0 Å². The molecule has 0 unspecified atom stereocenters. The first-order valence-electron chi connectivity index (χ1n) is 7.58. The zero-order valence-electron chi connectivity index (χ0n) is 13.5. The number of carbonyl (C=O) groups excluding carboxylic acids is 1. The van der Waals surface area contributed by atoms with Crippen LogP contribution in [0.3, 0.4) is 0 Å². The van der Waals surface area contributed by atoms with Crippen LogP contribution in [0.25, 0.3) is 0 Å². The summed E-state index contributed by atoms with van der Waals surface area (Å²) in [5.74, 6) is 0.782. The van der Waals surface area contributed by atoms with E-state index in [9.17, 15) is 4.79 Å². The van der Waals surface area contributed by atoms with Gasteiger partial charge in [-0.1, -0.05) is 24.6 Å². The topological polar surface area (TPSA) is 38.8 Å². The van der Waals surface area contributed by atoms with E-state index in [1.807, 2.05) is 24.1 Å². The fourth-order valence-electron chi connectivity index (χ4n) is 2.78. The molecule has 122 valence electrons. The number of methoxy groups -OCH3 is 1. The highest BCUT2D eigenvalue weighted by molar-refractivity contribution is 6.31. The first-order valence-corrected chi connectivity index (χ1v) is 7.95. The van der Waals surface area contributed by atoms with Crippen molar-refractivity contribution < 1.29 is 14.3 Å². The largest absolute Gasteiger partial charge is 0.497 e. The molecule has 0 N–H and O–H groups in total. The van der Waals surface area contributed by atoms with Crippen LogP contribution >= 0.6 is 11.6 Å². The highest BCUT2D eigenvalue weighted by Gasteiger charge is 2.30. The lowest BCUT2D eigenvalue weighted by Gasteiger charge is -2.36. The second-order valence-corrected chi connectivity index (χ2v) is 6.71. The van der Waals surface area contributed by atoms with Gasteiger partial charge < -0.3 is 14.4 Å². The average Bonchev–Trinajstić information content (AvgIpc) is 2.49. The Hall–Kier alpha value is -1.26. The van der Waals surface area contributed by atoms with Gasteiger partial charge in [-0.15, -0.1) is 0 Å². The van der Waals surface area contributed by atoms with Gasteiger partial charge in [0.25, 0.3) is 0 Å². The number of amides is 1. The van der Waals surface area contributed by atoms with E-state index in [2.05, 4.69) is 6.92 Å². The number of hydrogen-bond donors (Lipinski definition) is 0. The third-order valence-corrected chi connectivity index (χ3v) is 4.70. The molecule has 0 aliphatic carbocycles. The number of hydrogen-bond acceptors (Lipinski definition) is 3. The summed E-state index contributed by atoms with van der Waals surface area (Å²) >= 11 is 6.21. The van der Waals surface area contributed by atoms with Crippen LogP contribution in [0.5, 0.6) is 5.75 Å². The van der Waals surface area contributed by atoms with Crippen molar-refractivity contribution in [1.82, 2.24) is 4.90 Å². The Labute approximate surface area is 137 Å². The standard InChI is InChI=1S/C17H24ClNO3/c1-17(6-8-22-9-7-17)12-19(2)16(20)10-13-4-5-14(21-3)11-15(13)18/h4-5,11H,6-10,12H2,1-3H3. The van der Waals surface area contributed by atoms with Crippen LogP contribution in [0.4, 0.5) is 0 Å². The van der Waals surface area contributed by atoms with E-state index in [4.69, 9.17) is 21.1 Å². The second-order valence-electron chi connectivity index (χ2n) is 6.31. The van der Waals surface area contributed by atoms with Crippen LogP contribution in [-0.4, -0.2) is 44.7 Å². The molecule has 1 heterocycles. The first kappa shape index (κ1) is 17.1. The maximum atomic E-state index is 12.4. The van der Waals surface area contributed by atoms with Crippen molar-refractivity contribution in [2.45, 2.75) is 26.2 Å². The van der Waals surface area contributed by atoms with Crippen molar-refractivity contribution in [3.05, 3.63) is 28.8 Å². The molecule has 22 heavy (non-hydrogen) atoms. The lowest BCUT2D eigenvalue weighted by molar-refractivity contribution is -0.131. The monoisotopic (exact) mass is 325 g/mol. The zero-order chi connectivity index (χ0) is 16.2. The quantitative estimate of drug-likeness (QED) is 0.834. The van der Waals surface area contributed by atoms with Gasteiger partial charge in [0.15, 0.2) is 0 Å². The summed E-state index contributed by atoms with van der Waals surface area (Å²) in [5.41, 5.74) is 0.975. The van der Waals surface area contributed by atoms with Crippen LogP contribution in [0.2, 0.25) is 5.02 Å². The number of halogens is 1. The minimum atomic E-state index is 0.0831. The Morgan fingerprint density at radius 1 is 1.41 bits per heavy atom. The third-order valence-electron chi connectivity index (χ3n) is 4.35. The summed E-state index contributed by atoms with van der Waals surface area (Å²) in [6, 6.07) is 5.42. The summed E-state index contributed by atoms with van der Waals surface area (Å²) in [6.45, 7) is 4.54. The third kappa shape index (κ3) is 4.37. The van der Waals surface area contributed by atoms with Crippen LogP contribution in [0.1, 0.15) is 25.3 Å². The van der Waals surface area contributed by atoms with Crippen molar-refractivity contribution in [2.75, 3.05) is 33.9 Å². The van der Waals surface area contributed by atoms with Crippen LogP contribution in [0.15, 0.2) is 18.2 Å². The first-order chi connectivity index (χ1) is 10.4. The molecule has 0 aromatic heterocycles. The van der Waals surface area contributed by atoms with Gasteiger partial charge in [-0.3, -0.25) is 4.79 Å². The average molecular weight is 326 g/mol. The normalized spacial score (nSPS) is 17.1. The highest BCUT2D eigenvalue weighted by Crippen LogP contribution is 2.30. The molecule has 1 aromatic rings. The summed E-state index contributed by atoms with van der Waals surface area (Å²) in [6.07, 6.45) is 2.30. The molecule has 0 radical (unpaired) electrons. The number of rotatable bonds is 5. The summed E-state index contributed by atoms with van der Waals surface area (Å²) < 4.78 is 10.5. The van der Waals surface area contributed by atoms with Gasteiger partial charge in [0.2, 0.25) is 5.91 Å². The predicted molar refractivity (Wildman–Crippen MR) is 87.5 cm³/mol. The minimum absolute atomic E-state index is 0.0831. The van der Waals surface area contributed by atoms with E-state index in [1.165, 1.54) is 0 Å². The van der Waals surface area contributed by atoms with Crippen molar-refractivity contribution >= 4 is 17.5 Å².